The number of nitrogen functional groups attached to an aromatic ring is 1. The standard InChI is InChI=1S/C25H21N3O4/c26-23(27)19-10-4-8-17(12-19)14-28-22-18(13-20(24(28)29)25(30)31)9-5-11-21(22)32-15-16-6-2-1-3-7-16/h1-13H,14-15H2,(H3,26,27)(H,30,31). The molecular weight excluding hydrogens is 406 g/mol. The van der Waals surface area contributed by atoms with Crippen molar-refractivity contribution in [2.24, 2.45) is 5.73 Å². The fourth-order valence-corrected chi connectivity index (χ4v) is 3.58. The topological polar surface area (TPSA) is 118 Å². The molecule has 0 saturated carbocycles. The van der Waals surface area contributed by atoms with Gasteiger partial charge in [0, 0.05) is 10.9 Å². The smallest absolute Gasteiger partial charge is 0.341 e. The number of benzene rings is 3. The van der Waals surface area contributed by atoms with E-state index in [1.54, 1.807) is 42.5 Å². The largest absolute Gasteiger partial charge is 0.487 e. The molecule has 0 aliphatic heterocycles. The molecule has 4 rings (SSSR count). The first kappa shape index (κ1) is 20.9. The van der Waals surface area contributed by atoms with Crippen LogP contribution >= 0.6 is 0 Å². The summed E-state index contributed by atoms with van der Waals surface area (Å²) in [6.07, 6.45) is 0. The molecule has 3 aromatic carbocycles. The Balaban J connectivity index is 1.85. The molecule has 1 aromatic heterocycles. The lowest BCUT2D eigenvalue weighted by atomic mass is 10.1. The molecular formula is C25H21N3O4. The molecule has 0 atom stereocenters. The number of fused-ring (bicyclic) bond motifs is 1. The summed E-state index contributed by atoms with van der Waals surface area (Å²) in [4.78, 5) is 24.9. The van der Waals surface area contributed by atoms with Crippen molar-refractivity contribution in [3.8, 4) is 5.75 Å². The van der Waals surface area contributed by atoms with E-state index in [1.807, 2.05) is 30.3 Å². The van der Waals surface area contributed by atoms with Crippen LogP contribution in [-0.2, 0) is 13.2 Å². The highest BCUT2D eigenvalue weighted by atomic mass is 16.5. The van der Waals surface area contributed by atoms with Gasteiger partial charge >= 0.3 is 5.97 Å². The number of nitrogens with one attached hydrogen (secondary N) is 1. The van der Waals surface area contributed by atoms with Gasteiger partial charge < -0.3 is 15.6 Å². The van der Waals surface area contributed by atoms with Crippen LogP contribution in [0.3, 0.4) is 0 Å². The van der Waals surface area contributed by atoms with Crippen molar-refractivity contribution in [1.82, 2.24) is 4.57 Å². The number of aromatic nitrogens is 1. The van der Waals surface area contributed by atoms with E-state index in [2.05, 4.69) is 0 Å². The quantitative estimate of drug-likeness (QED) is 0.308. The number of amidine groups is 1. The Morgan fingerprint density at radius 2 is 1.69 bits per heavy atom. The van der Waals surface area contributed by atoms with Crippen molar-refractivity contribution in [2.75, 3.05) is 0 Å². The van der Waals surface area contributed by atoms with Gasteiger partial charge in [-0.1, -0.05) is 60.7 Å². The average molecular weight is 427 g/mol. The molecule has 0 bridgehead atoms. The molecule has 0 spiro atoms. The van der Waals surface area contributed by atoms with Gasteiger partial charge in [0.15, 0.2) is 0 Å². The minimum absolute atomic E-state index is 0.0878. The predicted molar refractivity (Wildman–Crippen MR) is 123 cm³/mol. The van der Waals surface area contributed by atoms with Crippen LogP contribution in [0.2, 0.25) is 0 Å². The van der Waals surface area contributed by atoms with Gasteiger partial charge in [-0.25, -0.2) is 4.79 Å². The van der Waals surface area contributed by atoms with E-state index in [9.17, 15) is 14.7 Å². The molecule has 0 unspecified atom stereocenters. The summed E-state index contributed by atoms with van der Waals surface area (Å²) < 4.78 is 7.44. The lowest BCUT2D eigenvalue weighted by molar-refractivity contribution is 0.0694. The highest BCUT2D eigenvalue weighted by Crippen LogP contribution is 2.27. The summed E-state index contributed by atoms with van der Waals surface area (Å²) in [6.45, 7) is 0.401. The molecule has 7 nitrogen and oxygen atoms in total. The number of nitrogens with two attached hydrogens (primary N) is 1. The summed E-state index contributed by atoms with van der Waals surface area (Å²) >= 11 is 0. The third kappa shape index (κ3) is 4.22. The Morgan fingerprint density at radius 3 is 2.41 bits per heavy atom. The maximum Gasteiger partial charge on any atom is 0.341 e. The number of para-hydroxylation sites is 1. The molecule has 0 fully saturated rings. The Morgan fingerprint density at radius 1 is 0.969 bits per heavy atom. The molecule has 0 aliphatic rings. The van der Waals surface area contributed by atoms with E-state index in [-0.39, 0.29) is 17.9 Å². The number of aromatic carboxylic acids is 1. The normalized spacial score (nSPS) is 10.8. The van der Waals surface area contributed by atoms with Gasteiger partial charge in [0.05, 0.1) is 12.1 Å². The monoisotopic (exact) mass is 427 g/mol. The molecule has 32 heavy (non-hydrogen) atoms. The second-order valence-electron chi connectivity index (χ2n) is 7.34. The number of carbonyl (C=O) groups is 1. The van der Waals surface area contributed by atoms with Gasteiger partial charge in [0.2, 0.25) is 0 Å². The van der Waals surface area contributed by atoms with Gasteiger partial charge in [-0.3, -0.25) is 14.8 Å². The lowest BCUT2D eigenvalue weighted by Gasteiger charge is -2.16. The Bertz CT molecular complexity index is 1380. The van der Waals surface area contributed by atoms with Crippen LogP contribution in [0.5, 0.6) is 5.75 Å². The van der Waals surface area contributed by atoms with Crippen molar-refractivity contribution in [3.05, 3.63) is 111 Å². The van der Waals surface area contributed by atoms with Crippen molar-refractivity contribution in [3.63, 3.8) is 0 Å². The van der Waals surface area contributed by atoms with Gasteiger partial charge in [-0.15, -0.1) is 0 Å². The summed E-state index contributed by atoms with van der Waals surface area (Å²) in [7, 11) is 0. The third-order valence-electron chi connectivity index (χ3n) is 5.12. The minimum Gasteiger partial charge on any atom is -0.487 e. The molecule has 4 N–H and O–H groups in total. The van der Waals surface area contributed by atoms with E-state index in [0.29, 0.717) is 34.4 Å². The fraction of sp³-hybridized carbons (Fsp3) is 0.0800. The van der Waals surface area contributed by atoms with E-state index in [4.69, 9.17) is 15.9 Å². The van der Waals surface area contributed by atoms with Crippen molar-refractivity contribution in [2.45, 2.75) is 13.2 Å². The zero-order chi connectivity index (χ0) is 22.7. The van der Waals surface area contributed by atoms with Crippen LogP contribution in [0.25, 0.3) is 10.9 Å². The highest BCUT2D eigenvalue weighted by Gasteiger charge is 2.18. The number of nitrogens with zero attached hydrogens (tertiary/aromatic N) is 1. The van der Waals surface area contributed by atoms with Crippen molar-refractivity contribution >= 4 is 22.7 Å². The molecule has 0 radical (unpaired) electrons. The van der Waals surface area contributed by atoms with Gasteiger partial charge in [0.1, 0.15) is 23.8 Å². The molecule has 160 valence electrons. The summed E-state index contributed by atoms with van der Waals surface area (Å²) in [6, 6.07) is 23.2. The number of pyridine rings is 1. The Hall–Kier alpha value is -4.39. The number of hydrogen-bond donors (Lipinski definition) is 3. The van der Waals surface area contributed by atoms with Crippen molar-refractivity contribution < 1.29 is 14.6 Å². The molecule has 0 saturated heterocycles. The van der Waals surface area contributed by atoms with Crippen LogP contribution in [0.1, 0.15) is 27.0 Å². The van der Waals surface area contributed by atoms with E-state index < -0.39 is 11.5 Å². The summed E-state index contributed by atoms with van der Waals surface area (Å²) in [5.41, 5.74) is 7.35. The van der Waals surface area contributed by atoms with Crippen LogP contribution in [0.15, 0.2) is 83.7 Å². The number of rotatable bonds is 7. The predicted octanol–water partition coefficient (Wildman–Crippen LogP) is 3.61. The van der Waals surface area contributed by atoms with E-state index in [1.165, 1.54) is 10.6 Å². The third-order valence-corrected chi connectivity index (χ3v) is 5.12. The molecule has 0 amide bonds. The van der Waals surface area contributed by atoms with Gasteiger partial charge in [0.25, 0.3) is 5.56 Å². The molecule has 1 heterocycles. The first-order valence-corrected chi connectivity index (χ1v) is 9.94. The summed E-state index contributed by atoms with van der Waals surface area (Å²) in [5.74, 6) is -0.905. The first-order chi connectivity index (χ1) is 15.4. The molecule has 0 aliphatic carbocycles. The Kier molecular flexibility index (Phi) is 5.72. The van der Waals surface area contributed by atoms with Crippen LogP contribution in [0, 0.1) is 5.41 Å². The highest BCUT2D eigenvalue weighted by molar-refractivity contribution is 5.95. The number of carboxylic acids is 1. The van der Waals surface area contributed by atoms with E-state index >= 15 is 0 Å². The zero-order valence-electron chi connectivity index (χ0n) is 17.1. The zero-order valence-corrected chi connectivity index (χ0v) is 17.1. The second kappa shape index (κ2) is 8.77. The number of ether oxygens (including phenoxy) is 1. The second-order valence-corrected chi connectivity index (χ2v) is 7.34. The van der Waals surface area contributed by atoms with Crippen LogP contribution in [0.4, 0.5) is 0 Å². The number of hydrogen-bond acceptors (Lipinski definition) is 4. The van der Waals surface area contributed by atoms with Crippen LogP contribution < -0.4 is 16.0 Å². The lowest BCUT2D eigenvalue weighted by Crippen LogP contribution is -2.27. The van der Waals surface area contributed by atoms with Gasteiger partial charge in [-0.05, 0) is 29.3 Å². The average Bonchev–Trinajstić information content (AvgIpc) is 2.80. The minimum atomic E-state index is -1.29. The summed E-state index contributed by atoms with van der Waals surface area (Å²) in [5, 5.41) is 17.8. The first-order valence-electron chi connectivity index (χ1n) is 9.94. The maximum atomic E-state index is 13.1. The SMILES string of the molecule is N=C(N)c1cccc(Cn2c(=O)c(C(=O)O)cc3cccc(OCc4ccccc4)c32)c1. The fourth-order valence-electron chi connectivity index (χ4n) is 3.58. The number of carboxylic acid groups (broad SMARTS) is 1. The molecule has 7 heteroatoms. The van der Waals surface area contributed by atoms with Gasteiger partial charge in [-0.2, -0.15) is 0 Å². The van der Waals surface area contributed by atoms with Crippen molar-refractivity contribution in [1.29, 1.82) is 5.41 Å². The maximum absolute atomic E-state index is 13.1. The van der Waals surface area contributed by atoms with Crippen LogP contribution in [-0.4, -0.2) is 21.5 Å². The Labute approximate surface area is 183 Å². The molecule has 4 aromatic rings. The van der Waals surface area contributed by atoms with E-state index in [0.717, 1.165) is 5.56 Å².